The fraction of sp³-hybridized carbons (Fsp3) is 0.818. The maximum Gasteiger partial charge on any atom is 0.0962 e. The zero-order chi connectivity index (χ0) is 12.0. The van der Waals surface area contributed by atoms with Gasteiger partial charge in [-0.15, -0.1) is 5.10 Å². The molecule has 0 aliphatic heterocycles. The smallest absolute Gasteiger partial charge is 0.0962 e. The highest BCUT2D eigenvalue weighted by atomic mass is 28.3. The minimum Gasteiger partial charge on any atom is -0.325 e. The Bertz CT molecular complexity index is 309. The summed E-state index contributed by atoms with van der Waals surface area (Å²) < 4.78 is 1.91. The van der Waals surface area contributed by atoms with Crippen LogP contribution in [0.3, 0.4) is 0 Å². The van der Waals surface area contributed by atoms with Gasteiger partial charge in [-0.05, 0) is 6.42 Å². The van der Waals surface area contributed by atoms with Crippen molar-refractivity contribution < 1.29 is 0 Å². The summed E-state index contributed by atoms with van der Waals surface area (Å²) in [7, 11) is -0.882. The van der Waals surface area contributed by atoms with Crippen molar-refractivity contribution in [2.45, 2.75) is 58.0 Å². The van der Waals surface area contributed by atoms with E-state index in [9.17, 15) is 0 Å². The van der Waals surface area contributed by atoms with E-state index in [1.807, 2.05) is 10.9 Å². The summed E-state index contributed by atoms with van der Waals surface area (Å²) in [5, 5.41) is 8.01. The van der Waals surface area contributed by atoms with E-state index in [4.69, 9.17) is 5.73 Å². The first kappa shape index (κ1) is 13.4. The number of aromatic nitrogens is 3. The van der Waals surface area contributed by atoms with E-state index < -0.39 is 8.07 Å². The second-order valence-corrected chi connectivity index (χ2v) is 10.7. The Morgan fingerprint density at radius 2 is 2.12 bits per heavy atom. The van der Waals surface area contributed by atoms with Gasteiger partial charge in [0.2, 0.25) is 0 Å². The average molecular weight is 240 g/mol. The van der Waals surface area contributed by atoms with Crippen LogP contribution in [0.2, 0.25) is 25.2 Å². The Morgan fingerprint density at radius 3 is 2.69 bits per heavy atom. The molecule has 16 heavy (non-hydrogen) atoms. The van der Waals surface area contributed by atoms with Crippen LogP contribution in [-0.4, -0.2) is 23.1 Å². The Labute approximate surface area is 99.2 Å². The van der Waals surface area contributed by atoms with Crippen molar-refractivity contribution in [2.24, 2.45) is 5.73 Å². The molecule has 1 heterocycles. The van der Waals surface area contributed by atoms with Crippen LogP contribution in [0.5, 0.6) is 0 Å². The van der Waals surface area contributed by atoms with Crippen LogP contribution in [0.15, 0.2) is 6.20 Å². The molecule has 0 unspecified atom stereocenters. The van der Waals surface area contributed by atoms with Crippen molar-refractivity contribution in [3.05, 3.63) is 11.9 Å². The third kappa shape index (κ3) is 4.45. The van der Waals surface area contributed by atoms with Gasteiger partial charge in [0.05, 0.1) is 5.69 Å². The molecule has 0 aliphatic rings. The molecule has 0 saturated heterocycles. The lowest BCUT2D eigenvalue weighted by Gasteiger charge is -2.19. The minimum atomic E-state index is -0.882. The first-order chi connectivity index (χ1) is 7.57. The van der Waals surface area contributed by atoms with Crippen molar-refractivity contribution in [1.29, 1.82) is 0 Å². The van der Waals surface area contributed by atoms with Gasteiger partial charge in [-0.1, -0.05) is 43.7 Å². The second kappa shape index (κ2) is 6.15. The molecule has 1 aromatic heterocycles. The molecule has 0 aliphatic carbocycles. The summed E-state index contributed by atoms with van der Waals surface area (Å²) in [5.74, 6) is 0. The Kier molecular flexibility index (Phi) is 5.14. The summed E-state index contributed by atoms with van der Waals surface area (Å²) in [5.41, 5.74) is 6.36. The molecule has 0 radical (unpaired) electrons. The monoisotopic (exact) mass is 240 g/mol. The number of rotatable bonds is 7. The van der Waals surface area contributed by atoms with Crippen molar-refractivity contribution in [3.63, 3.8) is 0 Å². The van der Waals surface area contributed by atoms with E-state index in [1.165, 1.54) is 24.9 Å². The molecular weight excluding hydrogens is 216 g/mol. The van der Waals surface area contributed by atoms with Gasteiger partial charge in [0.25, 0.3) is 0 Å². The molecule has 0 spiro atoms. The fourth-order valence-corrected chi connectivity index (χ4v) is 3.16. The van der Waals surface area contributed by atoms with Crippen LogP contribution in [0.4, 0.5) is 0 Å². The van der Waals surface area contributed by atoms with Crippen LogP contribution in [-0.2, 0) is 13.1 Å². The Hall–Kier alpha value is -0.683. The molecule has 0 saturated carbocycles. The number of hydrogen-bond donors (Lipinski definition) is 1. The number of unbranched alkanes of at least 4 members (excludes halogenated alkanes) is 1. The number of nitrogens with zero attached hydrogens (tertiary/aromatic N) is 3. The van der Waals surface area contributed by atoms with E-state index in [0.717, 1.165) is 12.2 Å². The third-order valence-electron chi connectivity index (χ3n) is 3.24. The molecule has 5 heteroatoms. The van der Waals surface area contributed by atoms with Crippen molar-refractivity contribution >= 4 is 8.07 Å². The summed E-state index contributed by atoms with van der Waals surface area (Å²) in [6, 6.07) is 2.80. The molecule has 0 amide bonds. The molecule has 1 aromatic rings. The Morgan fingerprint density at radius 1 is 1.38 bits per heavy atom. The van der Waals surface area contributed by atoms with Crippen LogP contribution in [0.25, 0.3) is 0 Å². The van der Waals surface area contributed by atoms with E-state index in [0.29, 0.717) is 6.54 Å². The van der Waals surface area contributed by atoms with E-state index in [1.54, 1.807) is 0 Å². The summed E-state index contributed by atoms with van der Waals surface area (Å²) in [4.78, 5) is 0. The minimum absolute atomic E-state index is 0.482. The predicted molar refractivity (Wildman–Crippen MR) is 69.9 cm³/mol. The lowest BCUT2D eigenvalue weighted by molar-refractivity contribution is 0.551. The van der Waals surface area contributed by atoms with E-state index >= 15 is 0 Å². The quantitative estimate of drug-likeness (QED) is 0.587. The molecule has 0 atom stereocenters. The first-order valence-corrected chi connectivity index (χ1v) is 9.58. The molecule has 1 rings (SSSR count). The first-order valence-electron chi connectivity index (χ1n) is 6.16. The van der Waals surface area contributed by atoms with Crippen molar-refractivity contribution in [2.75, 3.05) is 0 Å². The molecule has 92 valence electrons. The molecular formula is C11H24N4Si. The average Bonchev–Trinajstić information content (AvgIpc) is 2.72. The van der Waals surface area contributed by atoms with Crippen LogP contribution >= 0.6 is 0 Å². The number of aryl methyl sites for hydroxylation is 1. The van der Waals surface area contributed by atoms with E-state index in [2.05, 4.69) is 30.3 Å². The van der Waals surface area contributed by atoms with Gasteiger partial charge in [0.1, 0.15) is 0 Å². The maximum absolute atomic E-state index is 5.48. The van der Waals surface area contributed by atoms with Crippen molar-refractivity contribution in [3.8, 4) is 0 Å². The van der Waals surface area contributed by atoms with Gasteiger partial charge in [0, 0.05) is 27.4 Å². The van der Waals surface area contributed by atoms with Gasteiger partial charge in [0.15, 0.2) is 0 Å². The maximum atomic E-state index is 5.48. The second-order valence-electron chi connectivity index (χ2n) is 5.15. The molecule has 0 bridgehead atoms. The lowest BCUT2D eigenvalue weighted by atomic mass is 10.3. The summed E-state index contributed by atoms with van der Waals surface area (Å²) in [6.45, 7) is 8.71. The number of hydrogen-bond acceptors (Lipinski definition) is 3. The summed E-state index contributed by atoms with van der Waals surface area (Å²) >= 11 is 0. The number of nitrogens with two attached hydrogens (primary N) is 1. The van der Waals surface area contributed by atoms with Crippen LogP contribution in [0.1, 0.15) is 25.5 Å². The normalized spacial score (nSPS) is 12.0. The topological polar surface area (TPSA) is 56.7 Å². The molecule has 4 nitrogen and oxygen atoms in total. The lowest BCUT2D eigenvalue weighted by Crippen LogP contribution is -2.23. The van der Waals surface area contributed by atoms with Crippen LogP contribution < -0.4 is 5.73 Å². The van der Waals surface area contributed by atoms with E-state index in [-0.39, 0.29) is 0 Å². The highest BCUT2D eigenvalue weighted by Gasteiger charge is 2.16. The van der Waals surface area contributed by atoms with Gasteiger partial charge in [-0.25, -0.2) is 0 Å². The third-order valence-corrected chi connectivity index (χ3v) is 6.86. The fourth-order valence-electron chi connectivity index (χ4n) is 1.60. The van der Waals surface area contributed by atoms with Gasteiger partial charge >= 0.3 is 0 Å². The standard InChI is InChI=1S/C11H24N4Si/c1-4-16(2,3)8-6-5-7-15-10-11(9-12)13-14-15/h10H,4-9,12H2,1-3H3. The Balaban J connectivity index is 2.20. The molecule has 0 aromatic carbocycles. The molecule has 0 fully saturated rings. The highest BCUT2D eigenvalue weighted by Crippen LogP contribution is 2.17. The SMILES string of the molecule is CC[Si](C)(C)CCCCn1cc(CN)nn1. The van der Waals surface area contributed by atoms with Crippen LogP contribution in [0, 0.1) is 0 Å². The largest absolute Gasteiger partial charge is 0.325 e. The summed E-state index contributed by atoms with van der Waals surface area (Å²) in [6.07, 6.45) is 4.46. The molecule has 2 N–H and O–H groups in total. The predicted octanol–water partition coefficient (Wildman–Crippen LogP) is 2.25. The highest BCUT2D eigenvalue weighted by molar-refractivity contribution is 6.77. The zero-order valence-electron chi connectivity index (χ0n) is 10.7. The van der Waals surface area contributed by atoms with Crippen molar-refractivity contribution in [1.82, 2.24) is 15.0 Å². The van der Waals surface area contributed by atoms with Gasteiger partial charge < -0.3 is 5.73 Å². The van der Waals surface area contributed by atoms with Gasteiger partial charge in [-0.3, -0.25) is 4.68 Å². The zero-order valence-corrected chi connectivity index (χ0v) is 11.7. The van der Waals surface area contributed by atoms with Gasteiger partial charge in [-0.2, -0.15) is 0 Å².